The van der Waals surface area contributed by atoms with Crippen molar-refractivity contribution in [3.8, 4) is 0 Å². The zero-order valence-electron chi connectivity index (χ0n) is 17.2. The second-order valence-corrected chi connectivity index (χ2v) is 7.53. The molecule has 2 aromatic heterocycles. The minimum absolute atomic E-state index is 0.00990. The highest BCUT2D eigenvalue weighted by atomic mass is 15.3. The van der Waals surface area contributed by atoms with Gasteiger partial charge in [0.15, 0.2) is 17.4 Å². The number of benzene rings is 1. The number of aliphatic imine (C=N–C) groups is 1. The van der Waals surface area contributed by atoms with Crippen LogP contribution >= 0.6 is 0 Å². The summed E-state index contributed by atoms with van der Waals surface area (Å²) in [6.45, 7) is 10.8. The number of rotatable bonds is 7. The molecule has 0 amide bonds. The zero-order valence-corrected chi connectivity index (χ0v) is 17.2. The van der Waals surface area contributed by atoms with Crippen molar-refractivity contribution in [1.29, 1.82) is 0 Å². The third-order valence-corrected chi connectivity index (χ3v) is 4.95. The fourth-order valence-corrected chi connectivity index (χ4v) is 3.09. The Labute approximate surface area is 167 Å². The van der Waals surface area contributed by atoms with Gasteiger partial charge in [0.2, 0.25) is 0 Å². The van der Waals surface area contributed by atoms with E-state index in [4.69, 9.17) is 4.99 Å². The zero-order chi connectivity index (χ0) is 20.0. The Hall–Kier alpha value is -2.89. The first-order chi connectivity index (χ1) is 13.5. The van der Waals surface area contributed by atoms with Crippen LogP contribution in [0.2, 0.25) is 0 Å². The summed E-state index contributed by atoms with van der Waals surface area (Å²) in [6.07, 6.45) is 3.02. The average Bonchev–Trinajstić information content (AvgIpc) is 3.13. The molecule has 3 rings (SSSR count). The van der Waals surface area contributed by atoms with Gasteiger partial charge in [0.05, 0.1) is 0 Å². The maximum absolute atomic E-state index is 4.70. The first-order valence-corrected chi connectivity index (χ1v) is 9.93. The number of nitrogens with zero attached hydrogens (tertiary/aromatic N) is 4. The van der Waals surface area contributed by atoms with E-state index >= 15 is 0 Å². The molecular weight excluding hydrogens is 348 g/mol. The minimum Gasteiger partial charge on any atom is -0.357 e. The number of guanidine groups is 1. The first-order valence-electron chi connectivity index (χ1n) is 9.93. The third kappa shape index (κ3) is 4.68. The van der Waals surface area contributed by atoms with E-state index in [1.54, 1.807) is 0 Å². The van der Waals surface area contributed by atoms with Gasteiger partial charge in [-0.3, -0.25) is 4.40 Å². The van der Waals surface area contributed by atoms with E-state index in [0.29, 0.717) is 6.54 Å². The van der Waals surface area contributed by atoms with Gasteiger partial charge < -0.3 is 10.6 Å². The van der Waals surface area contributed by atoms with Crippen LogP contribution in [0.15, 0.2) is 53.7 Å². The van der Waals surface area contributed by atoms with Crippen LogP contribution in [0.1, 0.15) is 44.6 Å². The van der Waals surface area contributed by atoms with Gasteiger partial charge in [0.1, 0.15) is 6.54 Å². The molecule has 1 aromatic carbocycles. The van der Waals surface area contributed by atoms with E-state index in [2.05, 4.69) is 72.8 Å². The highest BCUT2D eigenvalue weighted by Gasteiger charge is 2.21. The van der Waals surface area contributed by atoms with Gasteiger partial charge in [-0.2, -0.15) is 0 Å². The van der Waals surface area contributed by atoms with Crippen molar-refractivity contribution in [1.82, 2.24) is 25.2 Å². The van der Waals surface area contributed by atoms with Crippen LogP contribution in [0.5, 0.6) is 0 Å². The molecule has 6 heteroatoms. The maximum Gasteiger partial charge on any atom is 0.191 e. The van der Waals surface area contributed by atoms with Crippen LogP contribution in [0.3, 0.4) is 0 Å². The van der Waals surface area contributed by atoms with E-state index in [1.807, 2.05) is 28.8 Å². The average molecular weight is 379 g/mol. The summed E-state index contributed by atoms with van der Waals surface area (Å²) < 4.78 is 1.96. The number of pyridine rings is 1. The quantitative estimate of drug-likeness (QED) is 0.489. The van der Waals surface area contributed by atoms with Crippen molar-refractivity contribution in [3.05, 3.63) is 65.6 Å². The summed E-state index contributed by atoms with van der Waals surface area (Å²) in [5.41, 5.74) is 3.51. The van der Waals surface area contributed by atoms with Crippen molar-refractivity contribution in [2.45, 2.75) is 46.1 Å². The Morgan fingerprint density at radius 3 is 2.54 bits per heavy atom. The van der Waals surface area contributed by atoms with Crippen LogP contribution in [-0.4, -0.2) is 33.6 Å². The second-order valence-electron chi connectivity index (χ2n) is 7.53. The van der Waals surface area contributed by atoms with Crippen LogP contribution in [0, 0.1) is 0 Å². The van der Waals surface area contributed by atoms with Crippen molar-refractivity contribution in [3.63, 3.8) is 0 Å². The number of aryl methyl sites for hydroxylation is 1. The largest absolute Gasteiger partial charge is 0.357 e. The molecular formula is C22H30N6. The number of fused-ring (bicyclic) bond motifs is 1. The molecule has 28 heavy (non-hydrogen) atoms. The Kier molecular flexibility index (Phi) is 6.29. The molecule has 148 valence electrons. The fourth-order valence-electron chi connectivity index (χ4n) is 3.09. The summed E-state index contributed by atoms with van der Waals surface area (Å²) in [7, 11) is 0. The lowest BCUT2D eigenvalue weighted by atomic mass is 9.84. The molecule has 0 saturated carbocycles. The molecule has 0 fully saturated rings. The van der Waals surface area contributed by atoms with E-state index in [9.17, 15) is 0 Å². The lowest BCUT2D eigenvalue weighted by Crippen LogP contribution is -2.43. The van der Waals surface area contributed by atoms with Crippen LogP contribution in [-0.2, 0) is 18.4 Å². The van der Waals surface area contributed by atoms with Gasteiger partial charge in [-0.1, -0.05) is 51.1 Å². The van der Waals surface area contributed by atoms with Crippen molar-refractivity contribution < 1.29 is 0 Å². The number of aromatic nitrogens is 3. The summed E-state index contributed by atoms with van der Waals surface area (Å²) in [6, 6.07) is 14.8. The molecule has 0 radical (unpaired) electrons. The molecule has 6 nitrogen and oxygen atoms in total. The highest BCUT2D eigenvalue weighted by Crippen LogP contribution is 2.22. The summed E-state index contributed by atoms with van der Waals surface area (Å²) in [5, 5.41) is 15.2. The van der Waals surface area contributed by atoms with Crippen LogP contribution in [0.25, 0.3) is 5.65 Å². The standard InChI is InChI=1S/C22H30N6/c1-5-17-10-12-18(13-11-17)22(3,4)16-25-21(23-6-2)24-15-20-27-26-19-9-7-8-14-28(19)20/h7-14H,5-6,15-16H2,1-4H3,(H2,23,24,25). The molecule has 0 aliphatic heterocycles. The van der Waals surface area contributed by atoms with Gasteiger partial charge in [-0.15, -0.1) is 10.2 Å². The molecule has 0 bridgehead atoms. The molecule has 0 aliphatic rings. The number of hydrogen-bond donors (Lipinski definition) is 2. The minimum atomic E-state index is -0.00990. The predicted molar refractivity (Wildman–Crippen MR) is 115 cm³/mol. The number of nitrogens with one attached hydrogen (secondary N) is 2. The van der Waals surface area contributed by atoms with Crippen molar-refractivity contribution in [2.75, 3.05) is 13.1 Å². The fraction of sp³-hybridized carbons (Fsp3) is 0.409. The molecule has 3 aromatic rings. The Balaban J connectivity index is 1.68. The van der Waals surface area contributed by atoms with Gasteiger partial charge in [0, 0.05) is 24.7 Å². The van der Waals surface area contributed by atoms with Crippen LogP contribution in [0.4, 0.5) is 0 Å². The Bertz CT molecular complexity index is 924. The van der Waals surface area contributed by atoms with E-state index < -0.39 is 0 Å². The lowest BCUT2D eigenvalue weighted by Gasteiger charge is -2.27. The first kappa shape index (κ1) is 19.9. The second kappa shape index (κ2) is 8.87. The molecule has 2 N–H and O–H groups in total. The SMILES string of the molecule is CCNC(=NCc1nnc2ccccn12)NCC(C)(C)c1ccc(CC)cc1. The molecule has 0 unspecified atom stereocenters. The van der Waals surface area contributed by atoms with Crippen LogP contribution < -0.4 is 10.6 Å². The smallest absolute Gasteiger partial charge is 0.191 e. The third-order valence-electron chi connectivity index (χ3n) is 4.95. The van der Waals surface area contributed by atoms with Crippen molar-refractivity contribution in [2.24, 2.45) is 4.99 Å². The Morgan fingerprint density at radius 2 is 1.82 bits per heavy atom. The molecule has 0 atom stereocenters. The Morgan fingerprint density at radius 1 is 1.04 bits per heavy atom. The van der Waals surface area contributed by atoms with Gasteiger partial charge in [0.25, 0.3) is 0 Å². The molecule has 0 aliphatic carbocycles. The van der Waals surface area contributed by atoms with Crippen molar-refractivity contribution >= 4 is 11.6 Å². The highest BCUT2D eigenvalue weighted by molar-refractivity contribution is 5.79. The van der Waals surface area contributed by atoms with Gasteiger partial charge in [-0.25, -0.2) is 4.99 Å². The van der Waals surface area contributed by atoms with E-state index in [-0.39, 0.29) is 5.41 Å². The topological polar surface area (TPSA) is 66.6 Å². The molecule has 0 spiro atoms. The summed E-state index contributed by atoms with van der Waals surface area (Å²) >= 11 is 0. The number of hydrogen-bond acceptors (Lipinski definition) is 3. The van der Waals surface area contributed by atoms with E-state index in [0.717, 1.165) is 36.9 Å². The summed E-state index contributed by atoms with van der Waals surface area (Å²) in [4.78, 5) is 4.70. The van der Waals surface area contributed by atoms with E-state index in [1.165, 1.54) is 11.1 Å². The monoisotopic (exact) mass is 378 g/mol. The predicted octanol–water partition coefficient (Wildman–Crippen LogP) is 3.32. The maximum atomic E-state index is 4.70. The molecule has 0 saturated heterocycles. The lowest BCUT2D eigenvalue weighted by molar-refractivity contribution is 0.508. The van der Waals surface area contributed by atoms with Gasteiger partial charge >= 0.3 is 0 Å². The molecule has 2 heterocycles. The summed E-state index contributed by atoms with van der Waals surface area (Å²) in [5.74, 6) is 1.61. The normalized spacial score (nSPS) is 12.4. The van der Waals surface area contributed by atoms with Gasteiger partial charge in [-0.05, 0) is 36.6 Å².